The molecule has 1 fully saturated rings. The maximum absolute atomic E-state index is 16.2. The number of nitrogens with one attached hydrogen (secondary N) is 1. The third-order valence-corrected chi connectivity index (χ3v) is 7.63. The topological polar surface area (TPSA) is 102 Å². The highest BCUT2D eigenvalue weighted by Crippen LogP contribution is 2.31. The number of hydrogen-bond donors (Lipinski definition) is 2. The summed E-state index contributed by atoms with van der Waals surface area (Å²) in [6, 6.07) is 12.8. The third-order valence-electron chi connectivity index (χ3n) is 7.63. The quantitative estimate of drug-likeness (QED) is 0.290. The van der Waals surface area contributed by atoms with Crippen LogP contribution in [0, 0.1) is 12.7 Å². The van der Waals surface area contributed by atoms with Crippen LogP contribution >= 0.6 is 0 Å². The number of fused-ring (bicyclic) bond motifs is 1. The van der Waals surface area contributed by atoms with Gasteiger partial charge in [-0.3, -0.25) is 19.5 Å². The average molecular weight is 576 g/mol. The summed E-state index contributed by atoms with van der Waals surface area (Å²) < 4.78 is 36.4. The molecule has 0 unspecified atom stereocenters. The summed E-state index contributed by atoms with van der Waals surface area (Å²) in [5.74, 6) is -1.29. The number of nitrogens with two attached hydrogens (primary N) is 1. The molecule has 2 aromatic carbocycles. The van der Waals surface area contributed by atoms with Gasteiger partial charge >= 0.3 is 0 Å². The standard InChI is InChI=1S/C32H35F2N5O3/c1-21-7-8-27(37-31(40)23-5-2-4-22(16-23)19-33)30(34)29(21)26-17-24-20-36-25(6-3-9-35)18-28(24)39(32(26)41)11-10-38-12-14-42-15-13-38/h2,4-5,7-8,16-18,20H,3,6,9-15,19,35H2,1H3,(H,37,40). The number of carbonyl (C=O) groups is 1. The zero-order chi connectivity index (χ0) is 29.6. The average Bonchev–Trinajstić information content (AvgIpc) is 3.01. The second-order valence-corrected chi connectivity index (χ2v) is 10.5. The van der Waals surface area contributed by atoms with Crippen molar-refractivity contribution in [2.45, 2.75) is 33.0 Å². The first-order valence-corrected chi connectivity index (χ1v) is 14.2. The second kappa shape index (κ2) is 13.3. The van der Waals surface area contributed by atoms with E-state index in [1.165, 1.54) is 18.2 Å². The molecule has 1 aliphatic rings. The van der Waals surface area contributed by atoms with Crippen molar-refractivity contribution in [3.8, 4) is 11.1 Å². The molecule has 3 heterocycles. The number of ether oxygens (including phenoxy) is 1. The summed E-state index contributed by atoms with van der Waals surface area (Å²) in [7, 11) is 0. The van der Waals surface area contributed by atoms with E-state index in [0.717, 1.165) is 30.7 Å². The van der Waals surface area contributed by atoms with Gasteiger partial charge in [0, 0.05) is 54.6 Å². The molecule has 1 saturated heterocycles. The molecule has 0 spiro atoms. The van der Waals surface area contributed by atoms with Crippen molar-refractivity contribution in [1.29, 1.82) is 0 Å². The van der Waals surface area contributed by atoms with Gasteiger partial charge in [-0.2, -0.15) is 0 Å². The lowest BCUT2D eigenvalue weighted by molar-refractivity contribution is 0.0364. The van der Waals surface area contributed by atoms with Gasteiger partial charge in [0.2, 0.25) is 0 Å². The van der Waals surface area contributed by atoms with Gasteiger partial charge < -0.3 is 20.4 Å². The van der Waals surface area contributed by atoms with Crippen LogP contribution in [0.1, 0.15) is 33.6 Å². The van der Waals surface area contributed by atoms with E-state index in [-0.39, 0.29) is 27.9 Å². The first-order chi connectivity index (χ1) is 20.4. The lowest BCUT2D eigenvalue weighted by Crippen LogP contribution is -2.39. The number of benzene rings is 2. The van der Waals surface area contributed by atoms with E-state index in [4.69, 9.17) is 10.5 Å². The minimum Gasteiger partial charge on any atom is -0.379 e. The maximum Gasteiger partial charge on any atom is 0.259 e. The monoisotopic (exact) mass is 575 g/mol. The first-order valence-electron chi connectivity index (χ1n) is 14.2. The third kappa shape index (κ3) is 6.41. The highest BCUT2D eigenvalue weighted by atomic mass is 19.1. The Morgan fingerprint density at radius 2 is 1.93 bits per heavy atom. The largest absolute Gasteiger partial charge is 0.379 e. The molecule has 10 heteroatoms. The molecule has 0 bridgehead atoms. The normalized spacial score (nSPS) is 13.9. The molecule has 1 aliphatic heterocycles. The smallest absolute Gasteiger partial charge is 0.259 e. The van der Waals surface area contributed by atoms with Gasteiger partial charge in [0.25, 0.3) is 11.5 Å². The Bertz CT molecular complexity index is 1650. The fourth-order valence-electron chi connectivity index (χ4n) is 5.29. The van der Waals surface area contributed by atoms with Gasteiger partial charge in [-0.25, -0.2) is 8.78 Å². The molecule has 5 rings (SSSR count). The number of pyridine rings is 2. The molecule has 1 amide bonds. The number of nitrogens with zero attached hydrogens (tertiary/aromatic N) is 3. The summed E-state index contributed by atoms with van der Waals surface area (Å²) in [5.41, 5.74) is 8.28. The summed E-state index contributed by atoms with van der Waals surface area (Å²) >= 11 is 0. The van der Waals surface area contributed by atoms with Crippen LogP contribution < -0.4 is 16.6 Å². The Balaban J connectivity index is 1.56. The van der Waals surface area contributed by atoms with Crippen LogP contribution in [0.2, 0.25) is 0 Å². The van der Waals surface area contributed by atoms with Crippen LogP contribution in [-0.4, -0.2) is 59.8 Å². The molecule has 42 heavy (non-hydrogen) atoms. The van der Waals surface area contributed by atoms with Crippen molar-refractivity contribution >= 4 is 22.5 Å². The van der Waals surface area contributed by atoms with Crippen LogP contribution in [0.3, 0.4) is 0 Å². The van der Waals surface area contributed by atoms with Crippen molar-refractivity contribution < 1.29 is 18.3 Å². The predicted octanol–water partition coefficient (Wildman–Crippen LogP) is 4.46. The minimum absolute atomic E-state index is 0.0686. The number of hydrogen-bond acceptors (Lipinski definition) is 6. The molecule has 220 valence electrons. The Hall–Kier alpha value is -3.99. The molecule has 2 aromatic heterocycles. The Morgan fingerprint density at radius 3 is 2.69 bits per heavy atom. The molecule has 8 nitrogen and oxygen atoms in total. The number of anilines is 1. The summed E-state index contributed by atoms with van der Waals surface area (Å²) in [5, 5.41) is 3.30. The van der Waals surface area contributed by atoms with Crippen molar-refractivity contribution in [2.24, 2.45) is 5.73 Å². The minimum atomic E-state index is -0.715. The number of halogens is 2. The highest BCUT2D eigenvalue weighted by molar-refractivity contribution is 6.04. The SMILES string of the molecule is Cc1ccc(NC(=O)c2cccc(CF)c2)c(F)c1-c1cc2cnc(CCCN)cc2n(CCN2CCOCC2)c1=O. The number of rotatable bonds is 10. The summed E-state index contributed by atoms with van der Waals surface area (Å²) in [4.78, 5) is 33.8. The lowest BCUT2D eigenvalue weighted by Gasteiger charge is -2.27. The van der Waals surface area contributed by atoms with E-state index in [0.29, 0.717) is 55.8 Å². The number of alkyl halides is 1. The zero-order valence-corrected chi connectivity index (χ0v) is 23.7. The van der Waals surface area contributed by atoms with Gasteiger partial charge in [-0.05, 0) is 67.8 Å². The molecular formula is C32H35F2N5O3. The van der Waals surface area contributed by atoms with Crippen molar-refractivity contribution in [1.82, 2.24) is 14.5 Å². The molecule has 4 aromatic rings. The lowest BCUT2D eigenvalue weighted by atomic mass is 9.98. The van der Waals surface area contributed by atoms with Crippen LogP contribution in [0.25, 0.3) is 22.0 Å². The van der Waals surface area contributed by atoms with Gasteiger partial charge in [0.05, 0.1) is 30.0 Å². The number of aryl methyl sites for hydroxylation is 2. The molecule has 0 atom stereocenters. The van der Waals surface area contributed by atoms with E-state index in [1.807, 2.05) is 6.07 Å². The molecule has 0 aliphatic carbocycles. The summed E-state index contributed by atoms with van der Waals surface area (Å²) in [6.07, 6.45) is 3.18. The summed E-state index contributed by atoms with van der Waals surface area (Å²) in [6.45, 7) is 5.43. The van der Waals surface area contributed by atoms with Gasteiger partial charge in [-0.15, -0.1) is 0 Å². The van der Waals surface area contributed by atoms with E-state index < -0.39 is 18.4 Å². The fraction of sp³-hybridized carbons (Fsp3) is 0.344. The number of carbonyl (C=O) groups excluding carboxylic acids is 1. The number of aromatic nitrogens is 2. The molecule has 0 saturated carbocycles. The van der Waals surface area contributed by atoms with E-state index >= 15 is 4.39 Å². The van der Waals surface area contributed by atoms with Gasteiger partial charge in [0.15, 0.2) is 5.82 Å². The Morgan fingerprint density at radius 1 is 1.12 bits per heavy atom. The van der Waals surface area contributed by atoms with Gasteiger partial charge in [0.1, 0.15) is 6.67 Å². The zero-order valence-electron chi connectivity index (χ0n) is 23.7. The van der Waals surface area contributed by atoms with E-state index in [2.05, 4.69) is 15.2 Å². The van der Waals surface area contributed by atoms with Crippen LogP contribution in [0.4, 0.5) is 14.5 Å². The molecular weight excluding hydrogens is 540 g/mol. The second-order valence-electron chi connectivity index (χ2n) is 10.5. The number of amides is 1. The highest BCUT2D eigenvalue weighted by Gasteiger charge is 2.21. The van der Waals surface area contributed by atoms with Crippen molar-refractivity contribution in [3.05, 3.63) is 93.3 Å². The Labute approximate surface area is 243 Å². The van der Waals surface area contributed by atoms with Crippen LogP contribution in [0.15, 0.2) is 59.5 Å². The predicted molar refractivity (Wildman–Crippen MR) is 160 cm³/mol. The van der Waals surface area contributed by atoms with E-state index in [1.54, 1.807) is 42.0 Å². The maximum atomic E-state index is 16.2. The van der Waals surface area contributed by atoms with E-state index in [9.17, 15) is 14.0 Å². The Kier molecular flexibility index (Phi) is 9.36. The first kappa shape index (κ1) is 29.5. The molecule has 3 N–H and O–H groups in total. The van der Waals surface area contributed by atoms with Gasteiger partial charge in [-0.1, -0.05) is 18.2 Å². The molecule has 0 radical (unpaired) electrons. The number of morpholine rings is 1. The van der Waals surface area contributed by atoms with Crippen molar-refractivity contribution in [2.75, 3.05) is 44.7 Å². The van der Waals surface area contributed by atoms with Crippen LogP contribution in [-0.2, 0) is 24.4 Å². The fourth-order valence-corrected chi connectivity index (χ4v) is 5.29. The van der Waals surface area contributed by atoms with Crippen LogP contribution in [0.5, 0.6) is 0 Å². The van der Waals surface area contributed by atoms with Crippen molar-refractivity contribution in [3.63, 3.8) is 0 Å².